The molecule has 0 fully saturated rings. The van der Waals surface area contributed by atoms with Gasteiger partial charge in [0.15, 0.2) is 0 Å². The Kier molecular flexibility index (Phi) is 9.77. The van der Waals surface area contributed by atoms with Crippen LogP contribution < -0.4 is 0 Å². The molecule has 1 aromatic rings. The molecule has 0 radical (unpaired) electrons. The number of hydrogen-bond acceptors (Lipinski definition) is 2. The highest BCUT2D eigenvalue weighted by Crippen LogP contribution is 2.26. The molecule has 0 amide bonds. The Morgan fingerprint density at radius 2 is 1.62 bits per heavy atom. The van der Waals surface area contributed by atoms with E-state index in [0.29, 0.717) is 5.02 Å². The van der Waals surface area contributed by atoms with Crippen molar-refractivity contribution in [2.24, 2.45) is 0 Å². The molecule has 0 spiro atoms. The van der Waals surface area contributed by atoms with Crippen LogP contribution in [0.4, 0.5) is 0 Å². The molecule has 1 unspecified atom stereocenters. The highest BCUT2D eigenvalue weighted by atomic mass is 35.5. The molecule has 0 aromatic carbocycles. The van der Waals surface area contributed by atoms with Gasteiger partial charge < -0.3 is 5.11 Å². The Hall–Kier alpha value is -0.540. The fraction of sp³-hybridized carbons (Fsp3) is 0.824. The van der Waals surface area contributed by atoms with E-state index >= 15 is 0 Å². The predicted molar refractivity (Wildman–Crippen MR) is 89.7 cm³/mol. The van der Waals surface area contributed by atoms with Gasteiger partial charge in [0.05, 0.1) is 23.0 Å². The largest absolute Gasteiger partial charge is 0.387 e. The van der Waals surface area contributed by atoms with Crippen molar-refractivity contribution in [1.82, 2.24) is 9.78 Å². The first-order chi connectivity index (χ1) is 10.2. The van der Waals surface area contributed by atoms with Crippen molar-refractivity contribution in [3.05, 3.63) is 16.9 Å². The highest BCUT2D eigenvalue weighted by Gasteiger charge is 2.16. The van der Waals surface area contributed by atoms with Gasteiger partial charge in [-0.1, -0.05) is 76.3 Å². The maximum Gasteiger partial charge on any atom is 0.0971 e. The van der Waals surface area contributed by atoms with Gasteiger partial charge in [0.25, 0.3) is 0 Å². The first-order valence-electron chi connectivity index (χ1n) is 8.60. The van der Waals surface area contributed by atoms with Crippen molar-refractivity contribution in [3.63, 3.8) is 0 Å². The van der Waals surface area contributed by atoms with Crippen molar-refractivity contribution in [2.45, 2.75) is 90.7 Å². The second-order valence-corrected chi connectivity index (χ2v) is 6.23. The molecule has 0 aliphatic rings. The van der Waals surface area contributed by atoms with Gasteiger partial charge >= 0.3 is 0 Å². The summed E-state index contributed by atoms with van der Waals surface area (Å²) in [6.45, 7) is 5.01. The number of nitrogens with zero attached hydrogens (tertiary/aromatic N) is 2. The molecule has 21 heavy (non-hydrogen) atoms. The van der Waals surface area contributed by atoms with Crippen LogP contribution in [0.3, 0.4) is 0 Å². The highest BCUT2D eigenvalue weighted by molar-refractivity contribution is 6.31. The molecule has 0 saturated heterocycles. The summed E-state index contributed by atoms with van der Waals surface area (Å²) >= 11 is 6.10. The average Bonchev–Trinajstić information content (AvgIpc) is 2.86. The van der Waals surface area contributed by atoms with Crippen LogP contribution in [0.1, 0.15) is 89.9 Å². The van der Waals surface area contributed by atoms with Gasteiger partial charge in [-0.05, 0) is 13.3 Å². The van der Waals surface area contributed by atoms with Crippen LogP contribution in [0, 0.1) is 0 Å². The zero-order valence-corrected chi connectivity index (χ0v) is 14.4. The van der Waals surface area contributed by atoms with E-state index in [1.165, 1.54) is 51.4 Å². The van der Waals surface area contributed by atoms with E-state index in [1.807, 2.05) is 6.92 Å². The minimum Gasteiger partial charge on any atom is -0.387 e. The zero-order chi connectivity index (χ0) is 15.5. The van der Waals surface area contributed by atoms with Crippen LogP contribution in [0.2, 0.25) is 5.02 Å². The van der Waals surface area contributed by atoms with E-state index in [2.05, 4.69) is 12.0 Å². The third-order valence-electron chi connectivity index (χ3n) is 4.03. The fourth-order valence-electron chi connectivity index (χ4n) is 2.74. The van der Waals surface area contributed by atoms with E-state index in [-0.39, 0.29) is 0 Å². The van der Waals surface area contributed by atoms with Crippen molar-refractivity contribution in [3.8, 4) is 0 Å². The number of unbranched alkanes of at least 4 members (excludes halogenated alkanes) is 8. The average molecular weight is 315 g/mol. The lowest BCUT2D eigenvalue weighted by Crippen LogP contribution is -2.08. The van der Waals surface area contributed by atoms with E-state index in [0.717, 1.165) is 25.1 Å². The third kappa shape index (κ3) is 6.84. The van der Waals surface area contributed by atoms with Crippen LogP contribution in [-0.2, 0) is 6.54 Å². The molecule has 1 N–H and O–H groups in total. The van der Waals surface area contributed by atoms with E-state index in [9.17, 15) is 5.11 Å². The molecule has 0 saturated carbocycles. The molecular weight excluding hydrogens is 284 g/mol. The summed E-state index contributed by atoms with van der Waals surface area (Å²) in [5.41, 5.74) is 0.777. The van der Waals surface area contributed by atoms with Gasteiger partial charge in [0.2, 0.25) is 0 Å². The summed E-state index contributed by atoms with van der Waals surface area (Å²) in [4.78, 5) is 0. The Balaban J connectivity index is 2.11. The lowest BCUT2D eigenvalue weighted by Gasteiger charge is -2.13. The van der Waals surface area contributed by atoms with Gasteiger partial charge in [-0.15, -0.1) is 0 Å². The van der Waals surface area contributed by atoms with Crippen LogP contribution in [0.25, 0.3) is 0 Å². The molecule has 122 valence electrons. The molecule has 1 aromatic heterocycles. The molecule has 1 heterocycles. The normalized spacial score (nSPS) is 12.8. The molecular formula is C17H31ClN2O. The van der Waals surface area contributed by atoms with Gasteiger partial charge in [-0.3, -0.25) is 4.68 Å². The minimum atomic E-state index is -0.482. The molecule has 1 rings (SSSR count). The molecule has 4 heteroatoms. The number of rotatable bonds is 12. The zero-order valence-electron chi connectivity index (χ0n) is 13.7. The number of aliphatic hydroxyl groups excluding tert-OH is 1. The summed E-state index contributed by atoms with van der Waals surface area (Å²) in [7, 11) is 0. The Labute approximate surface area is 134 Å². The molecule has 0 aliphatic carbocycles. The van der Waals surface area contributed by atoms with Gasteiger partial charge in [-0.2, -0.15) is 5.10 Å². The summed E-state index contributed by atoms with van der Waals surface area (Å²) in [6.07, 6.45) is 13.6. The standard InChI is InChI=1S/C17H31ClN2O/c1-3-5-6-7-8-9-10-11-12-13-16(21)17-15(18)14-19-20(17)4-2/h14,16,21H,3-13H2,1-2H3. The fourth-order valence-corrected chi connectivity index (χ4v) is 3.01. The second kappa shape index (κ2) is 11.1. The minimum absolute atomic E-state index is 0.482. The molecule has 3 nitrogen and oxygen atoms in total. The van der Waals surface area contributed by atoms with Crippen LogP contribution >= 0.6 is 11.6 Å². The number of hydrogen-bond donors (Lipinski definition) is 1. The summed E-state index contributed by atoms with van der Waals surface area (Å²) in [5.74, 6) is 0. The third-order valence-corrected chi connectivity index (χ3v) is 4.32. The summed E-state index contributed by atoms with van der Waals surface area (Å²) in [6, 6.07) is 0. The van der Waals surface area contributed by atoms with Crippen molar-refractivity contribution >= 4 is 11.6 Å². The number of aromatic nitrogens is 2. The first kappa shape index (κ1) is 18.5. The smallest absolute Gasteiger partial charge is 0.0971 e. The Morgan fingerprint density at radius 3 is 2.19 bits per heavy atom. The maximum absolute atomic E-state index is 10.3. The predicted octanol–water partition coefficient (Wildman–Crippen LogP) is 5.51. The topological polar surface area (TPSA) is 38.1 Å². The lowest BCUT2D eigenvalue weighted by atomic mass is 10.0. The van der Waals surface area contributed by atoms with Crippen LogP contribution in [-0.4, -0.2) is 14.9 Å². The Morgan fingerprint density at radius 1 is 1.05 bits per heavy atom. The quantitative estimate of drug-likeness (QED) is 0.516. The van der Waals surface area contributed by atoms with E-state index in [1.54, 1.807) is 10.9 Å². The SMILES string of the molecule is CCCCCCCCCCCC(O)c1c(Cl)cnn1CC. The number of aryl methyl sites for hydroxylation is 1. The number of halogens is 1. The van der Waals surface area contributed by atoms with Crippen molar-refractivity contribution in [2.75, 3.05) is 0 Å². The van der Waals surface area contributed by atoms with Crippen LogP contribution in [0.5, 0.6) is 0 Å². The summed E-state index contributed by atoms with van der Waals surface area (Å²) < 4.78 is 1.79. The van der Waals surface area contributed by atoms with Crippen molar-refractivity contribution in [1.29, 1.82) is 0 Å². The lowest BCUT2D eigenvalue weighted by molar-refractivity contribution is 0.152. The maximum atomic E-state index is 10.3. The van der Waals surface area contributed by atoms with E-state index in [4.69, 9.17) is 11.6 Å². The van der Waals surface area contributed by atoms with Crippen molar-refractivity contribution < 1.29 is 5.11 Å². The van der Waals surface area contributed by atoms with Crippen LogP contribution in [0.15, 0.2) is 6.20 Å². The summed E-state index contributed by atoms with van der Waals surface area (Å²) in [5, 5.41) is 15.0. The molecule has 0 aliphatic heterocycles. The van der Waals surface area contributed by atoms with E-state index < -0.39 is 6.10 Å². The second-order valence-electron chi connectivity index (χ2n) is 5.83. The van der Waals surface area contributed by atoms with Gasteiger partial charge in [0, 0.05) is 6.54 Å². The van der Waals surface area contributed by atoms with Gasteiger partial charge in [-0.25, -0.2) is 0 Å². The molecule has 1 atom stereocenters. The van der Waals surface area contributed by atoms with Gasteiger partial charge in [0.1, 0.15) is 0 Å². The first-order valence-corrected chi connectivity index (χ1v) is 8.97. The Bertz CT molecular complexity index is 379. The molecule has 0 bridgehead atoms. The monoisotopic (exact) mass is 314 g/mol. The number of aliphatic hydroxyl groups is 1.